The Morgan fingerprint density at radius 2 is 1.48 bits per heavy atom. The van der Waals surface area contributed by atoms with Gasteiger partial charge in [0.2, 0.25) is 5.88 Å². The van der Waals surface area contributed by atoms with Crippen molar-refractivity contribution in [3.8, 4) is 5.88 Å². The van der Waals surface area contributed by atoms with E-state index in [1.165, 1.54) is 0 Å². The van der Waals surface area contributed by atoms with Gasteiger partial charge in [-0.05, 0) is 53.4 Å². The van der Waals surface area contributed by atoms with Gasteiger partial charge in [0.15, 0.2) is 0 Å². The lowest BCUT2D eigenvalue weighted by atomic mass is 9.87. The van der Waals surface area contributed by atoms with E-state index in [0.29, 0.717) is 5.88 Å². The molecular weight excluding hydrogens is 362 g/mol. The van der Waals surface area contributed by atoms with Crippen molar-refractivity contribution in [1.29, 1.82) is 0 Å². The van der Waals surface area contributed by atoms with Crippen molar-refractivity contribution in [1.82, 2.24) is 19.9 Å². The van der Waals surface area contributed by atoms with E-state index in [9.17, 15) is 0 Å². The van der Waals surface area contributed by atoms with Crippen LogP contribution in [0.3, 0.4) is 0 Å². The molecule has 0 radical (unpaired) electrons. The molecule has 0 spiro atoms. The number of nitrogens with zero attached hydrogens (tertiary/aromatic N) is 4. The van der Waals surface area contributed by atoms with E-state index in [1.807, 2.05) is 42.7 Å². The van der Waals surface area contributed by atoms with Crippen molar-refractivity contribution in [3.63, 3.8) is 0 Å². The summed E-state index contributed by atoms with van der Waals surface area (Å²) in [6, 6.07) is 15.9. The zero-order valence-electron chi connectivity index (χ0n) is 16.1. The summed E-state index contributed by atoms with van der Waals surface area (Å²) < 4.78 is 5.36. The standard InChI is InChI=1S/C23H21N5O/c1-29-23-21(9-5-13-27-23)28-22-17(6-4-12-26-22)14-20(18-7-2-10-24-15-18)19-8-3-11-25-16-19/h2-13,15-16,20H,14H2,1H3,(H,26,28). The fourth-order valence-corrected chi connectivity index (χ4v) is 3.30. The van der Waals surface area contributed by atoms with Crippen LogP contribution < -0.4 is 10.1 Å². The molecule has 4 heterocycles. The number of anilines is 2. The fraction of sp³-hybridized carbons (Fsp3) is 0.130. The van der Waals surface area contributed by atoms with Crippen molar-refractivity contribution < 1.29 is 4.74 Å². The summed E-state index contributed by atoms with van der Waals surface area (Å²) >= 11 is 0. The smallest absolute Gasteiger partial charge is 0.237 e. The van der Waals surface area contributed by atoms with Crippen LogP contribution in [0.2, 0.25) is 0 Å². The Bertz CT molecular complexity index is 1020. The molecule has 4 aromatic rings. The third-order valence-corrected chi connectivity index (χ3v) is 4.71. The van der Waals surface area contributed by atoms with Gasteiger partial charge in [-0.25, -0.2) is 9.97 Å². The summed E-state index contributed by atoms with van der Waals surface area (Å²) in [6.07, 6.45) is 11.6. The molecule has 0 fully saturated rings. The monoisotopic (exact) mass is 383 g/mol. The van der Waals surface area contributed by atoms with Gasteiger partial charge in [-0.3, -0.25) is 9.97 Å². The number of nitrogens with one attached hydrogen (secondary N) is 1. The van der Waals surface area contributed by atoms with E-state index < -0.39 is 0 Å². The Kier molecular flexibility index (Phi) is 5.71. The second kappa shape index (κ2) is 8.93. The molecule has 0 saturated heterocycles. The Balaban J connectivity index is 1.69. The minimum Gasteiger partial charge on any atom is -0.480 e. The fourth-order valence-electron chi connectivity index (χ4n) is 3.30. The van der Waals surface area contributed by atoms with E-state index in [2.05, 4.69) is 43.5 Å². The van der Waals surface area contributed by atoms with E-state index in [-0.39, 0.29) is 5.92 Å². The van der Waals surface area contributed by atoms with Gasteiger partial charge in [-0.15, -0.1) is 0 Å². The number of hydrogen-bond donors (Lipinski definition) is 1. The van der Waals surface area contributed by atoms with Crippen molar-refractivity contribution in [3.05, 3.63) is 102 Å². The molecule has 6 heteroatoms. The van der Waals surface area contributed by atoms with Crippen LogP contribution in [0.25, 0.3) is 0 Å². The highest BCUT2D eigenvalue weighted by Crippen LogP contribution is 2.31. The first-order chi connectivity index (χ1) is 14.3. The highest BCUT2D eigenvalue weighted by atomic mass is 16.5. The number of ether oxygens (including phenoxy) is 1. The van der Waals surface area contributed by atoms with Gasteiger partial charge < -0.3 is 10.1 Å². The maximum absolute atomic E-state index is 5.36. The van der Waals surface area contributed by atoms with Crippen LogP contribution in [0.4, 0.5) is 11.5 Å². The summed E-state index contributed by atoms with van der Waals surface area (Å²) in [6.45, 7) is 0. The summed E-state index contributed by atoms with van der Waals surface area (Å²) in [5.74, 6) is 1.41. The van der Waals surface area contributed by atoms with Crippen LogP contribution >= 0.6 is 0 Å². The molecule has 0 bridgehead atoms. The van der Waals surface area contributed by atoms with Gasteiger partial charge in [-0.1, -0.05) is 18.2 Å². The largest absolute Gasteiger partial charge is 0.480 e. The number of pyridine rings is 4. The quantitative estimate of drug-likeness (QED) is 0.510. The molecule has 0 aliphatic rings. The highest BCUT2D eigenvalue weighted by molar-refractivity contribution is 5.64. The maximum atomic E-state index is 5.36. The topological polar surface area (TPSA) is 72.8 Å². The minimum atomic E-state index is 0.109. The molecule has 6 nitrogen and oxygen atoms in total. The number of rotatable bonds is 7. The second-order valence-corrected chi connectivity index (χ2v) is 6.53. The van der Waals surface area contributed by atoms with Crippen LogP contribution in [-0.4, -0.2) is 27.0 Å². The molecule has 4 aromatic heterocycles. The third-order valence-electron chi connectivity index (χ3n) is 4.71. The Labute approximate surface area is 169 Å². The zero-order valence-corrected chi connectivity index (χ0v) is 16.1. The second-order valence-electron chi connectivity index (χ2n) is 6.53. The van der Waals surface area contributed by atoms with Crippen LogP contribution in [0.5, 0.6) is 5.88 Å². The average Bonchev–Trinajstić information content (AvgIpc) is 2.80. The van der Waals surface area contributed by atoms with Crippen molar-refractivity contribution >= 4 is 11.5 Å². The molecule has 0 aliphatic heterocycles. The van der Waals surface area contributed by atoms with Crippen molar-refractivity contribution in [2.75, 3.05) is 12.4 Å². The Morgan fingerprint density at radius 3 is 2.14 bits per heavy atom. The first kappa shape index (κ1) is 18.6. The highest BCUT2D eigenvalue weighted by Gasteiger charge is 2.18. The van der Waals surface area contributed by atoms with Gasteiger partial charge in [0.1, 0.15) is 11.5 Å². The predicted molar refractivity (Wildman–Crippen MR) is 112 cm³/mol. The molecular formula is C23H21N5O. The van der Waals surface area contributed by atoms with E-state index in [4.69, 9.17) is 4.74 Å². The van der Waals surface area contributed by atoms with Crippen molar-refractivity contribution in [2.24, 2.45) is 0 Å². The van der Waals surface area contributed by atoms with E-state index in [1.54, 1.807) is 31.9 Å². The third kappa shape index (κ3) is 4.38. The average molecular weight is 383 g/mol. The molecule has 1 N–H and O–H groups in total. The summed E-state index contributed by atoms with van der Waals surface area (Å²) in [7, 11) is 1.60. The Hall–Kier alpha value is -3.80. The lowest BCUT2D eigenvalue weighted by molar-refractivity contribution is 0.400. The van der Waals surface area contributed by atoms with Crippen LogP contribution in [-0.2, 0) is 6.42 Å². The SMILES string of the molecule is COc1ncccc1Nc1ncccc1CC(c1cccnc1)c1cccnc1. The molecule has 0 atom stereocenters. The summed E-state index contributed by atoms with van der Waals surface area (Å²) in [5.41, 5.74) is 4.12. The first-order valence-corrected chi connectivity index (χ1v) is 9.35. The lowest BCUT2D eigenvalue weighted by Gasteiger charge is -2.19. The van der Waals surface area contributed by atoms with Gasteiger partial charge in [0.25, 0.3) is 0 Å². The maximum Gasteiger partial charge on any atom is 0.237 e. The minimum absolute atomic E-state index is 0.109. The normalized spacial score (nSPS) is 10.7. The van der Waals surface area contributed by atoms with E-state index in [0.717, 1.165) is 34.6 Å². The number of hydrogen-bond acceptors (Lipinski definition) is 6. The molecule has 29 heavy (non-hydrogen) atoms. The molecule has 0 unspecified atom stereocenters. The van der Waals surface area contributed by atoms with Crippen LogP contribution in [0.15, 0.2) is 85.7 Å². The molecule has 144 valence electrons. The van der Waals surface area contributed by atoms with Gasteiger partial charge in [0, 0.05) is 43.1 Å². The van der Waals surface area contributed by atoms with Gasteiger partial charge in [-0.2, -0.15) is 0 Å². The predicted octanol–water partition coefficient (Wildman–Crippen LogP) is 4.39. The molecule has 0 saturated carbocycles. The number of aromatic nitrogens is 4. The zero-order chi connectivity index (χ0) is 19.9. The molecule has 0 amide bonds. The van der Waals surface area contributed by atoms with Crippen LogP contribution in [0, 0.1) is 0 Å². The van der Waals surface area contributed by atoms with Crippen molar-refractivity contribution in [2.45, 2.75) is 12.3 Å². The summed E-state index contributed by atoms with van der Waals surface area (Å²) in [5, 5.41) is 3.37. The molecule has 0 aromatic carbocycles. The lowest BCUT2D eigenvalue weighted by Crippen LogP contribution is -2.09. The Morgan fingerprint density at radius 1 is 0.828 bits per heavy atom. The molecule has 0 aliphatic carbocycles. The summed E-state index contributed by atoms with van der Waals surface area (Å²) in [4.78, 5) is 17.4. The van der Waals surface area contributed by atoms with Crippen LogP contribution in [0.1, 0.15) is 22.6 Å². The van der Waals surface area contributed by atoms with Gasteiger partial charge in [0.05, 0.1) is 7.11 Å². The van der Waals surface area contributed by atoms with Gasteiger partial charge >= 0.3 is 0 Å². The van der Waals surface area contributed by atoms with E-state index >= 15 is 0 Å². The number of methoxy groups -OCH3 is 1. The molecule has 4 rings (SSSR count). The first-order valence-electron chi connectivity index (χ1n) is 9.35.